The molecule has 2 fully saturated rings. The lowest BCUT2D eigenvalue weighted by Gasteiger charge is -2.05. The Bertz CT molecular complexity index is 382. The zero-order valence-electron chi connectivity index (χ0n) is 16.5. The number of carboxylic acid groups (broad SMARTS) is 2. The van der Waals surface area contributed by atoms with E-state index in [1.165, 1.54) is 0 Å². The fourth-order valence-corrected chi connectivity index (χ4v) is 2.46. The minimum atomic E-state index is -0.723. The third kappa shape index (κ3) is 10.7. The van der Waals surface area contributed by atoms with Crippen LogP contribution in [0, 0.1) is 0 Å². The van der Waals surface area contributed by atoms with Crippen LogP contribution in [0.2, 0.25) is 0 Å². The van der Waals surface area contributed by atoms with Crippen molar-refractivity contribution >= 4 is 11.9 Å². The average Bonchev–Trinajstić information content (AvgIpc) is 3.49. The van der Waals surface area contributed by atoms with E-state index in [-0.39, 0.29) is 25.3 Å². The molecular formula is C18H36N2O6. The third-order valence-corrected chi connectivity index (χ3v) is 4.59. The quantitative estimate of drug-likeness (QED) is 0.345. The Morgan fingerprint density at radius 1 is 0.808 bits per heavy atom. The van der Waals surface area contributed by atoms with Crippen molar-refractivity contribution in [1.82, 2.24) is 9.80 Å². The van der Waals surface area contributed by atoms with Crippen molar-refractivity contribution in [3.05, 3.63) is 0 Å². The smallest absolute Gasteiger partial charge is 0.320 e. The van der Waals surface area contributed by atoms with E-state index in [2.05, 4.69) is 0 Å². The molecule has 0 aromatic rings. The van der Waals surface area contributed by atoms with Gasteiger partial charge in [-0.3, -0.25) is 19.4 Å². The predicted molar refractivity (Wildman–Crippen MR) is 99.2 cm³/mol. The van der Waals surface area contributed by atoms with Crippen LogP contribution in [0.15, 0.2) is 0 Å². The van der Waals surface area contributed by atoms with Gasteiger partial charge in [-0.1, -0.05) is 12.8 Å². The molecule has 0 aromatic carbocycles. The van der Waals surface area contributed by atoms with Gasteiger partial charge >= 0.3 is 11.9 Å². The summed E-state index contributed by atoms with van der Waals surface area (Å²) >= 11 is 0. The van der Waals surface area contributed by atoms with Gasteiger partial charge in [0, 0.05) is 38.4 Å². The monoisotopic (exact) mass is 376 g/mol. The molecule has 0 bridgehead atoms. The number of rotatable bonds is 9. The van der Waals surface area contributed by atoms with E-state index in [4.69, 9.17) is 20.4 Å². The Kier molecular flexibility index (Phi) is 12.4. The Hall–Kier alpha value is -1.22. The second kappa shape index (κ2) is 13.0. The van der Waals surface area contributed by atoms with Crippen molar-refractivity contribution < 1.29 is 30.0 Å². The van der Waals surface area contributed by atoms with Crippen molar-refractivity contribution in [2.45, 2.75) is 77.5 Å². The van der Waals surface area contributed by atoms with Gasteiger partial charge in [0.25, 0.3) is 0 Å². The highest BCUT2D eigenvalue weighted by Crippen LogP contribution is 2.20. The van der Waals surface area contributed by atoms with Gasteiger partial charge in [0.1, 0.15) is 12.1 Å². The molecule has 0 aromatic heterocycles. The first-order chi connectivity index (χ1) is 12.2. The number of carboxylic acids is 2. The predicted octanol–water partition coefficient (Wildman–Crippen LogP) is 0.859. The van der Waals surface area contributed by atoms with E-state index in [0.717, 1.165) is 38.8 Å². The molecule has 4 N–H and O–H groups in total. The van der Waals surface area contributed by atoms with E-state index >= 15 is 0 Å². The van der Waals surface area contributed by atoms with Crippen molar-refractivity contribution in [2.24, 2.45) is 0 Å². The second-order valence-corrected chi connectivity index (χ2v) is 6.98. The van der Waals surface area contributed by atoms with Gasteiger partial charge in [0.15, 0.2) is 0 Å². The number of hydrogen-bond donors (Lipinski definition) is 4. The van der Waals surface area contributed by atoms with Crippen molar-refractivity contribution in [2.75, 3.05) is 26.3 Å². The highest BCUT2D eigenvalue weighted by Gasteiger charge is 2.37. The number of carbonyl (C=O) groups is 2. The summed E-state index contributed by atoms with van der Waals surface area (Å²) in [6.07, 6.45) is 3.83. The lowest BCUT2D eigenvalue weighted by atomic mass is 10.2. The van der Waals surface area contributed by atoms with Crippen molar-refractivity contribution in [3.63, 3.8) is 0 Å². The lowest BCUT2D eigenvalue weighted by Crippen LogP contribution is -2.25. The number of hydrogen-bond acceptors (Lipinski definition) is 6. The second-order valence-electron chi connectivity index (χ2n) is 6.98. The van der Waals surface area contributed by atoms with Crippen LogP contribution in [0.3, 0.4) is 0 Å². The molecule has 26 heavy (non-hydrogen) atoms. The summed E-state index contributed by atoms with van der Waals surface area (Å²) in [5, 5.41) is 33.5. The first-order valence-electron chi connectivity index (χ1n) is 9.36. The van der Waals surface area contributed by atoms with E-state index in [1.807, 2.05) is 23.6 Å². The van der Waals surface area contributed by atoms with Crippen LogP contribution in [0.4, 0.5) is 0 Å². The van der Waals surface area contributed by atoms with Crippen LogP contribution in [-0.4, -0.2) is 92.6 Å². The minimum absolute atomic E-state index is 0.283. The molecule has 6 unspecified atom stereocenters. The first kappa shape index (κ1) is 24.8. The lowest BCUT2D eigenvalue weighted by molar-refractivity contribution is -0.141. The number of aliphatic carboxylic acids is 2. The molecule has 154 valence electrons. The van der Waals surface area contributed by atoms with Gasteiger partial charge in [-0.2, -0.15) is 0 Å². The van der Waals surface area contributed by atoms with Crippen LogP contribution < -0.4 is 0 Å². The van der Waals surface area contributed by atoms with Crippen LogP contribution >= 0.6 is 0 Å². The highest BCUT2D eigenvalue weighted by atomic mass is 16.4. The van der Waals surface area contributed by atoms with E-state index in [1.54, 1.807) is 13.8 Å². The Morgan fingerprint density at radius 3 is 1.19 bits per heavy atom. The Labute approximate surface area is 156 Å². The van der Waals surface area contributed by atoms with Crippen LogP contribution in [0.25, 0.3) is 0 Å². The number of nitrogens with zero attached hydrogens (tertiary/aromatic N) is 2. The molecule has 8 heteroatoms. The molecule has 2 saturated heterocycles. The Morgan fingerprint density at radius 2 is 1.08 bits per heavy atom. The van der Waals surface area contributed by atoms with Gasteiger partial charge in [0.2, 0.25) is 0 Å². The van der Waals surface area contributed by atoms with Gasteiger partial charge in [0.05, 0.1) is 0 Å². The maximum absolute atomic E-state index is 10.3. The van der Waals surface area contributed by atoms with E-state index in [9.17, 15) is 9.59 Å². The third-order valence-electron chi connectivity index (χ3n) is 4.59. The number of aliphatic hydroxyl groups is 2. The summed E-state index contributed by atoms with van der Waals surface area (Å²) in [5.74, 6) is -1.45. The molecule has 2 aliphatic heterocycles. The van der Waals surface area contributed by atoms with Gasteiger partial charge in [-0.05, 0) is 40.5 Å². The highest BCUT2D eigenvalue weighted by molar-refractivity contribution is 5.73. The normalized spacial score (nSPS) is 27.8. The summed E-state index contributed by atoms with van der Waals surface area (Å²) in [5.41, 5.74) is 0. The van der Waals surface area contributed by atoms with Gasteiger partial charge < -0.3 is 20.4 Å². The summed E-state index contributed by atoms with van der Waals surface area (Å²) in [4.78, 5) is 24.4. The first-order valence-corrected chi connectivity index (χ1v) is 9.36. The van der Waals surface area contributed by atoms with E-state index in [0.29, 0.717) is 12.1 Å². The fraction of sp³-hybridized carbons (Fsp3) is 0.889. The number of aliphatic hydroxyl groups excluding tert-OH is 2. The van der Waals surface area contributed by atoms with Crippen LogP contribution in [0.1, 0.15) is 53.4 Å². The van der Waals surface area contributed by atoms with Gasteiger partial charge in [-0.15, -0.1) is 0 Å². The maximum Gasteiger partial charge on any atom is 0.320 e. The molecule has 0 aliphatic carbocycles. The number of unbranched alkanes of at least 4 members (excludes halogenated alkanes) is 3. The zero-order valence-corrected chi connectivity index (χ0v) is 16.5. The van der Waals surface area contributed by atoms with Crippen LogP contribution in [0.5, 0.6) is 0 Å². The topological polar surface area (TPSA) is 121 Å². The summed E-state index contributed by atoms with van der Waals surface area (Å²) in [6.45, 7) is 9.92. The fourth-order valence-electron chi connectivity index (χ4n) is 2.46. The largest absolute Gasteiger partial charge is 0.480 e. The molecule has 2 rings (SSSR count). The summed E-state index contributed by atoms with van der Waals surface area (Å²) < 4.78 is 0. The average molecular weight is 376 g/mol. The molecule has 8 nitrogen and oxygen atoms in total. The molecule has 2 heterocycles. The maximum atomic E-state index is 10.3. The minimum Gasteiger partial charge on any atom is -0.480 e. The van der Waals surface area contributed by atoms with Gasteiger partial charge in [-0.25, -0.2) is 0 Å². The van der Waals surface area contributed by atoms with Crippen LogP contribution in [-0.2, 0) is 9.59 Å². The molecule has 0 spiro atoms. The summed E-state index contributed by atoms with van der Waals surface area (Å²) in [6, 6.07) is 0.382. The summed E-state index contributed by atoms with van der Waals surface area (Å²) in [7, 11) is 0. The Balaban J connectivity index is 0.000000362. The van der Waals surface area contributed by atoms with E-state index < -0.39 is 11.9 Å². The molecule has 0 radical (unpaired) electrons. The SMILES string of the molecule is CC1CN1C(C)C(=O)O.CC1CN1C(C)C(=O)O.OCCCCCCO. The van der Waals surface area contributed by atoms with Crippen molar-refractivity contribution in [1.29, 1.82) is 0 Å². The molecular weight excluding hydrogens is 340 g/mol. The zero-order chi connectivity index (χ0) is 20.3. The molecule has 0 amide bonds. The standard InChI is InChI=1S/2C6H11NO2.C6H14O2/c2*1-4-3-7(4)5(2)6(8)9;7-5-3-1-2-4-6-8/h2*4-5H,3H2,1-2H3,(H,8,9);7-8H,1-6H2. The molecule has 2 aliphatic rings. The molecule has 0 saturated carbocycles. The molecule has 6 atom stereocenters. The van der Waals surface area contributed by atoms with Crippen molar-refractivity contribution in [3.8, 4) is 0 Å².